The summed E-state index contributed by atoms with van der Waals surface area (Å²) < 4.78 is 14.8. The van der Waals surface area contributed by atoms with Crippen molar-refractivity contribution in [2.45, 2.75) is 53.0 Å². The molecule has 2 saturated heterocycles. The Hall–Kier alpha value is -2.38. The molecular formula is C21H31FN4O3. The average molecular weight is 407 g/mol. The third-order valence-corrected chi connectivity index (χ3v) is 5.90. The number of hydrogen-bond donors (Lipinski definition) is 0. The van der Waals surface area contributed by atoms with Crippen molar-refractivity contribution in [1.29, 1.82) is 0 Å². The second kappa shape index (κ2) is 8.16. The van der Waals surface area contributed by atoms with E-state index < -0.39 is 16.2 Å². The molecule has 2 aliphatic rings. The zero-order valence-corrected chi connectivity index (χ0v) is 17.8. The van der Waals surface area contributed by atoms with Gasteiger partial charge >= 0.3 is 0 Å². The van der Waals surface area contributed by atoms with E-state index in [9.17, 15) is 19.3 Å². The van der Waals surface area contributed by atoms with Crippen LogP contribution in [0.15, 0.2) is 12.1 Å². The van der Waals surface area contributed by atoms with E-state index in [0.717, 1.165) is 31.9 Å². The molecule has 1 unspecified atom stereocenters. The molecule has 160 valence electrons. The van der Waals surface area contributed by atoms with Crippen molar-refractivity contribution in [3.8, 4) is 0 Å². The van der Waals surface area contributed by atoms with Gasteiger partial charge in [0.15, 0.2) is 5.82 Å². The van der Waals surface area contributed by atoms with Gasteiger partial charge < -0.3 is 14.7 Å². The first-order valence-electron chi connectivity index (χ1n) is 10.4. The second-order valence-corrected chi connectivity index (χ2v) is 9.12. The molecule has 29 heavy (non-hydrogen) atoms. The average Bonchev–Trinajstić information content (AvgIpc) is 2.67. The molecule has 7 nitrogen and oxygen atoms in total. The number of rotatable bonds is 3. The first kappa shape index (κ1) is 21.3. The van der Waals surface area contributed by atoms with Crippen LogP contribution in [0.5, 0.6) is 0 Å². The van der Waals surface area contributed by atoms with Gasteiger partial charge in [-0.2, -0.15) is 0 Å². The number of hydrogen-bond acceptors (Lipinski definition) is 5. The van der Waals surface area contributed by atoms with Gasteiger partial charge in [-0.05, 0) is 32.3 Å². The predicted octanol–water partition coefficient (Wildman–Crippen LogP) is 3.81. The normalized spacial score (nSPS) is 20.7. The van der Waals surface area contributed by atoms with Gasteiger partial charge in [0.1, 0.15) is 5.69 Å². The molecule has 0 spiro atoms. The Kier molecular flexibility index (Phi) is 6.00. The van der Waals surface area contributed by atoms with Crippen LogP contribution < -0.4 is 9.80 Å². The molecule has 3 rings (SSSR count). The Morgan fingerprint density at radius 3 is 2.31 bits per heavy atom. The number of amides is 1. The van der Waals surface area contributed by atoms with Gasteiger partial charge in [-0.3, -0.25) is 14.9 Å². The third kappa shape index (κ3) is 4.46. The van der Waals surface area contributed by atoms with E-state index in [1.165, 1.54) is 0 Å². The first-order chi connectivity index (χ1) is 13.6. The van der Waals surface area contributed by atoms with Crippen molar-refractivity contribution in [3.63, 3.8) is 0 Å². The van der Waals surface area contributed by atoms with Crippen molar-refractivity contribution in [3.05, 3.63) is 28.1 Å². The van der Waals surface area contributed by atoms with E-state index in [1.807, 2.05) is 30.6 Å². The van der Waals surface area contributed by atoms with Crippen LogP contribution in [0.25, 0.3) is 0 Å². The molecule has 0 bridgehead atoms. The van der Waals surface area contributed by atoms with Crippen LogP contribution in [0, 0.1) is 21.3 Å². The monoisotopic (exact) mass is 406 g/mol. The van der Waals surface area contributed by atoms with Crippen LogP contribution in [-0.2, 0) is 4.79 Å². The fourth-order valence-corrected chi connectivity index (χ4v) is 4.24. The molecule has 2 fully saturated rings. The second-order valence-electron chi connectivity index (χ2n) is 9.12. The lowest BCUT2D eigenvalue weighted by molar-refractivity contribution is -0.384. The van der Waals surface area contributed by atoms with Crippen LogP contribution in [-0.4, -0.2) is 54.5 Å². The smallest absolute Gasteiger partial charge is 0.295 e. The Balaban J connectivity index is 1.87. The van der Waals surface area contributed by atoms with E-state index in [1.54, 1.807) is 11.0 Å². The molecule has 0 N–H and O–H groups in total. The van der Waals surface area contributed by atoms with E-state index in [4.69, 9.17) is 0 Å². The van der Waals surface area contributed by atoms with Gasteiger partial charge in [-0.1, -0.05) is 20.8 Å². The van der Waals surface area contributed by atoms with Gasteiger partial charge in [0.2, 0.25) is 5.91 Å². The molecule has 2 aliphatic heterocycles. The fourth-order valence-electron chi connectivity index (χ4n) is 4.24. The topological polar surface area (TPSA) is 69.9 Å². The Morgan fingerprint density at radius 2 is 1.76 bits per heavy atom. The predicted molar refractivity (Wildman–Crippen MR) is 112 cm³/mol. The molecule has 0 saturated carbocycles. The number of nitrogens with zero attached hydrogens (tertiary/aromatic N) is 4. The molecule has 0 radical (unpaired) electrons. The standard InChI is InChI=1S/C21H31FN4O3/c1-15-7-5-6-8-25(15)17-14-18(19(26(28)29)13-16(17)22)23-9-11-24(12-10-23)20(27)21(2,3)4/h13-15H,5-12H2,1-4H3. The maximum Gasteiger partial charge on any atom is 0.295 e. The van der Waals surface area contributed by atoms with Gasteiger partial charge in [-0.25, -0.2) is 4.39 Å². The van der Waals surface area contributed by atoms with Crippen LogP contribution in [0.3, 0.4) is 0 Å². The quantitative estimate of drug-likeness (QED) is 0.564. The largest absolute Gasteiger partial charge is 0.366 e. The van der Waals surface area contributed by atoms with E-state index >= 15 is 0 Å². The molecule has 1 atom stereocenters. The highest BCUT2D eigenvalue weighted by molar-refractivity contribution is 5.82. The lowest BCUT2D eigenvalue weighted by atomic mass is 9.94. The lowest BCUT2D eigenvalue weighted by Gasteiger charge is -2.39. The van der Waals surface area contributed by atoms with Crippen molar-refractivity contribution < 1.29 is 14.1 Å². The summed E-state index contributed by atoms with van der Waals surface area (Å²) in [7, 11) is 0. The summed E-state index contributed by atoms with van der Waals surface area (Å²) in [6, 6.07) is 2.89. The number of piperidine rings is 1. The summed E-state index contributed by atoms with van der Waals surface area (Å²) in [6.45, 7) is 10.5. The van der Waals surface area contributed by atoms with Crippen LogP contribution >= 0.6 is 0 Å². The Labute approximate surface area is 171 Å². The fraction of sp³-hybridized carbons (Fsp3) is 0.667. The lowest BCUT2D eigenvalue weighted by Crippen LogP contribution is -2.51. The Morgan fingerprint density at radius 1 is 1.10 bits per heavy atom. The molecular weight excluding hydrogens is 375 g/mol. The molecule has 0 aromatic heterocycles. The summed E-state index contributed by atoms with van der Waals surface area (Å²) in [6.07, 6.45) is 3.09. The molecule has 1 aromatic carbocycles. The highest BCUT2D eigenvalue weighted by atomic mass is 19.1. The number of nitro benzene ring substituents is 1. The zero-order valence-electron chi connectivity index (χ0n) is 17.8. The van der Waals surface area contributed by atoms with Gasteiger partial charge in [-0.15, -0.1) is 0 Å². The van der Waals surface area contributed by atoms with Gasteiger partial charge in [0.05, 0.1) is 16.7 Å². The molecule has 2 heterocycles. The summed E-state index contributed by atoms with van der Waals surface area (Å²) in [5.74, 6) is -0.468. The molecule has 1 aromatic rings. The van der Waals surface area contributed by atoms with E-state index in [-0.39, 0.29) is 17.6 Å². The van der Waals surface area contributed by atoms with Crippen molar-refractivity contribution in [2.24, 2.45) is 5.41 Å². The minimum Gasteiger partial charge on any atom is -0.366 e. The third-order valence-electron chi connectivity index (χ3n) is 5.90. The van der Waals surface area contributed by atoms with E-state index in [2.05, 4.69) is 6.92 Å². The highest BCUT2D eigenvalue weighted by Crippen LogP contribution is 2.37. The van der Waals surface area contributed by atoms with Crippen molar-refractivity contribution >= 4 is 23.0 Å². The van der Waals surface area contributed by atoms with Gasteiger partial charge in [0, 0.05) is 44.2 Å². The minimum absolute atomic E-state index is 0.0774. The zero-order chi connectivity index (χ0) is 21.3. The number of carbonyl (C=O) groups excluding carboxylic acids is 1. The minimum atomic E-state index is -0.546. The molecule has 0 aliphatic carbocycles. The molecule has 8 heteroatoms. The first-order valence-corrected chi connectivity index (χ1v) is 10.4. The number of halogens is 1. The summed E-state index contributed by atoms with van der Waals surface area (Å²) in [5, 5.41) is 11.6. The number of piperazine rings is 1. The molecule has 1 amide bonds. The number of nitro groups is 1. The summed E-state index contributed by atoms with van der Waals surface area (Å²) in [4.78, 5) is 29.3. The van der Waals surface area contributed by atoms with E-state index in [0.29, 0.717) is 37.6 Å². The number of benzene rings is 1. The summed E-state index contributed by atoms with van der Waals surface area (Å²) >= 11 is 0. The number of carbonyl (C=O) groups is 1. The van der Waals surface area contributed by atoms with Gasteiger partial charge in [0.25, 0.3) is 5.69 Å². The van der Waals surface area contributed by atoms with Crippen LogP contribution in [0.2, 0.25) is 0 Å². The van der Waals surface area contributed by atoms with Crippen molar-refractivity contribution in [2.75, 3.05) is 42.5 Å². The maximum absolute atomic E-state index is 14.8. The number of anilines is 2. The SMILES string of the molecule is CC1CCCCN1c1cc(N2CCN(C(=O)C(C)(C)C)CC2)c([N+](=O)[O-])cc1F. The maximum atomic E-state index is 14.8. The Bertz CT molecular complexity index is 785. The van der Waals surface area contributed by atoms with Crippen LogP contribution in [0.1, 0.15) is 47.0 Å². The highest BCUT2D eigenvalue weighted by Gasteiger charge is 2.33. The van der Waals surface area contributed by atoms with Crippen LogP contribution in [0.4, 0.5) is 21.5 Å². The summed E-state index contributed by atoms with van der Waals surface area (Å²) in [5.41, 5.74) is 0.200. The van der Waals surface area contributed by atoms with Crippen molar-refractivity contribution in [1.82, 2.24) is 4.90 Å².